The maximum absolute atomic E-state index is 11.9. The lowest BCUT2D eigenvalue weighted by Gasteiger charge is -2.21. The zero-order valence-corrected chi connectivity index (χ0v) is 13.0. The summed E-state index contributed by atoms with van der Waals surface area (Å²) in [6.07, 6.45) is -0.106. The van der Waals surface area contributed by atoms with E-state index in [9.17, 15) is 9.59 Å². The third-order valence-corrected chi connectivity index (χ3v) is 3.84. The highest BCUT2D eigenvalue weighted by molar-refractivity contribution is 6.42. The Labute approximate surface area is 128 Å². The van der Waals surface area contributed by atoms with Crippen LogP contribution in [0.3, 0.4) is 0 Å². The van der Waals surface area contributed by atoms with Gasteiger partial charge in [-0.1, -0.05) is 35.3 Å². The van der Waals surface area contributed by atoms with E-state index < -0.39 is 11.4 Å². The van der Waals surface area contributed by atoms with Crippen LogP contribution >= 0.6 is 23.2 Å². The highest BCUT2D eigenvalue weighted by atomic mass is 35.5. The van der Waals surface area contributed by atoms with Crippen LogP contribution in [0.2, 0.25) is 10.0 Å². The summed E-state index contributed by atoms with van der Waals surface area (Å²) >= 11 is 12.0. The number of carbonyl (C=O) groups excluding carboxylic acids is 1. The minimum absolute atomic E-state index is 0.106. The van der Waals surface area contributed by atoms with E-state index in [4.69, 9.17) is 28.3 Å². The number of carboxylic acids is 1. The van der Waals surface area contributed by atoms with E-state index in [1.165, 1.54) is 13.8 Å². The molecule has 1 rings (SSSR count). The zero-order chi connectivity index (χ0) is 15.5. The van der Waals surface area contributed by atoms with E-state index in [1.807, 2.05) is 0 Å². The van der Waals surface area contributed by atoms with Gasteiger partial charge in [0, 0.05) is 6.42 Å². The molecule has 6 heteroatoms. The predicted octanol–water partition coefficient (Wildman–Crippen LogP) is 3.67. The van der Waals surface area contributed by atoms with E-state index in [2.05, 4.69) is 5.32 Å². The van der Waals surface area contributed by atoms with Crippen molar-refractivity contribution >= 4 is 35.1 Å². The fraction of sp³-hybridized carbons (Fsp3) is 0.429. The van der Waals surface area contributed by atoms with Crippen molar-refractivity contribution in [3.8, 4) is 0 Å². The van der Waals surface area contributed by atoms with E-state index in [1.54, 1.807) is 25.1 Å². The molecule has 1 amide bonds. The number of amides is 1. The predicted molar refractivity (Wildman–Crippen MR) is 79.1 cm³/mol. The SMILES string of the molecule is CC(NC(=O)CC(C)(C)C(=O)O)c1cccc(Cl)c1Cl. The first-order chi connectivity index (χ1) is 9.15. The summed E-state index contributed by atoms with van der Waals surface area (Å²) in [5.74, 6) is -1.36. The smallest absolute Gasteiger partial charge is 0.309 e. The van der Waals surface area contributed by atoms with Gasteiger partial charge in [0.15, 0.2) is 0 Å². The van der Waals surface area contributed by atoms with Gasteiger partial charge in [0.05, 0.1) is 21.5 Å². The van der Waals surface area contributed by atoms with Crippen LogP contribution < -0.4 is 5.32 Å². The molecule has 0 saturated heterocycles. The average molecular weight is 318 g/mol. The van der Waals surface area contributed by atoms with Gasteiger partial charge >= 0.3 is 5.97 Å². The first-order valence-electron chi connectivity index (χ1n) is 6.12. The third-order valence-electron chi connectivity index (χ3n) is 3.01. The monoisotopic (exact) mass is 317 g/mol. The number of rotatable bonds is 5. The van der Waals surface area contributed by atoms with E-state index in [-0.39, 0.29) is 18.4 Å². The van der Waals surface area contributed by atoms with Crippen LogP contribution in [0.5, 0.6) is 0 Å². The molecule has 110 valence electrons. The largest absolute Gasteiger partial charge is 0.481 e. The molecule has 0 saturated carbocycles. The second-order valence-corrected chi connectivity index (χ2v) is 6.08. The molecule has 0 radical (unpaired) electrons. The molecule has 1 atom stereocenters. The van der Waals surface area contributed by atoms with Crippen LogP contribution in [0.4, 0.5) is 0 Å². The summed E-state index contributed by atoms with van der Waals surface area (Å²) in [4.78, 5) is 22.9. The van der Waals surface area contributed by atoms with Crippen LogP contribution in [0.1, 0.15) is 38.8 Å². The normalized spacial score (nSPS) is 12.8. The number of carboxylic acid groups (broad SMARTS) is 1. The van der Waals surface area contributed by atoms with Gasteiger partial charge < -0.3 is 10.4 Å². The number of nitrogens with one attached hydrogen (secondary N) is 1. The molecule has 0 aliphatic rings. The zero-order valence-electron chi connectivity index (χ0n) is 11.5. The summed E-state index contributed by atoms with van der Waals surface area (Å²) in [5, 5.41) is 12.5. The van der Waals surface area contributed by atoms with Crippen LogP contribution in [0.15, 0.2) is 18.2 Å². The van der Waals surface area contributed by atoms with Crippen LogP contribution in [-0.4, -0.2) is 17.0 Å². The van der Waals surface area contributed by atoms with E-state index in [0.29, 0.717) is 15.6 Å². The standard InChI is InChI=1S/C14H17Cl2NO3/c1-8(9-5-4-6-10(15)12(9)16)17-11(18)7-14(2,3)13(19)20/h4-6,8H,7H2,1-3H3,(H,17,18)(H,19,20). The molecule has 1 aromatic carbocycles. The molecule has 0 heterocycles. The van der Waals surface area contributed by atoms with Gasteiger partial charge in [-0.25, -0.2) is 0 Å². The second kappa shape index (κ2) is 6.46. The number of hydrogen-bond donors (Lipinski definition) is 2. The summed E-state index contributed by atoms with van der Waals surface area (Å²) < 4.78 is 0. The molecule has 0 fully saturated rings. The van der Waals surface area contributed by atoms with Gasteiger partial charge in [0.25, 0.3) is 0 Å². The Morgan fingerprint density at radius 3 is 2.50 bits per heavy atom. The van der Waals surface area contributed by atoms with Gasteiger partial charge in [0.1, 0.15) is 0 Å². The van der Waals surface area contributed by atoms with Gasteiger partial charge in [-0.05, 0) is 32.4 Å². The molecule has 1 unspecified atom stereocenters. The first-order valence-corrected chi connectivity index (χ1v) is 6.87. The molecule has 20 heavy (non-hydrogen) atoms. The summed E-state index contributed by atoms with van der Waals surface area (Å²) in [5.41, 5.74) is -0.414. The number of aliphatic carboxylic acids is 1. The second-order valence-electron chi connectivity index (χ2n) is 5.30. The Morgan fingerprint density at radius 2 is 1.95 bits per heavy atom. The fourth-order valence-electron chi connectivity index (χ4n) is 1.70. The number of benzene rings is 1. The van der Waals surface area contributed by atoms with Crippen molar-refractivity contribution in [2.75, 3.05) is 0 Å². The van der Waals surface area contributed by atoms with Gasteiger partial charge in [-0.15, -0.1) is 0 Å². The lowest BCUT2D eigenvalue weighted by Crippen LogP contribution is -2.34. The fourth-order valence-corrected chi connectivity index (χ4v) is 2.17. The Balaban J connectivity index is 2.76. The van der Waals surface area contributed by atoms with E-state index in [0.717, 1.165) is 0 Å². The Bertz CT molecular complexity index is 529. The lowest BCUT2D eigenvalue weighted by molar-refractivity contribution is -0.149. The minimum Gasteiger partial charge on any atom is -0.481 e. The quantitative estimate of drug-likeness (QED) is 0.870. The molecule has 0 aliphatic heterocycles. The highest BCUT2D eigenvalue weighted by Crippen LogP contribution is 2.30. The molecular weight excluding hydrogens is 301 g/mol. The van der Waals surface area contributed by atoms with Crippen LogP contribution in [0, 0.1) is 5.41 Å². The first kappa shape index (κ1) is 16.8. The summed E-state index contributed by atoms with van der Waals surface area (Å²) in [6, 6.07) is 4.82. The van der Waals surface area contributed by atoms with E-state index >= 15 is 0 Å². The Kier molecular flexibility index (Phi) is 5.42. The van der Waals surface area contributed by atoms with Crippen molar-refractivity contribution in [2.24, 2.45) is 5.41 Å². The highest BCUT2D eigenvalue weighted by Gasteiger charge is 2.30. The maximum atomic E-state index is 11.9. The lowest BCUT2D eigenvalue weighted by atomic mass is 9.89. The summed E-state index contributed by atoms with van der Waals surface area (Å²) in [6.45, 7) is 4.78. The van der Waals surface area contributed by atoms with Crippen molar-refractivity contribution in [2.45, 2.75) is 33.2 Å². The number of hydrogen-bond acceptors (Lipinski definition) is 2. The Morgan fingerprint density at radius 1 is 1.35 bits per heavy atom. The minimum atomic E-state index is -1.11. The Hall–Kier alpha value is -1.26. The van der Waals surface area contributed by atoms with Crippen molar-refractivity contribution in [1.82, 2.24) is 5.32 Å². The van der Waals surface area contributed by atoms with Gasteiger partial charge in [-0.2, -0.15) is 0 Å². The number of carbonyl (C=O) groups is 2. The molecule has 4 nitrogen and oxygen atoms in total. The van der Waals surface area contributed by atoms with Gasteiger partial charge in [-0.3, -0.25) is 9.59 Å². The maximum Gasteiger partial charge on any atom is 0.309 e. The van der Waals surface area contributed by atoms with Crippen molar-refractivity contribution < 1.29 is 14.7 Å². The molecular formula is C14H17Cl2NO3. The van der Waals surface area contributed by atoms with Crippen molar-refractivity contribution in [3.05, 3.63) is 33.8 Å². The average Bonchev–Trinajstić information content (AvgIpc) is 2.31. The van der Waals surface area contributed by atoms with Gasteiger partial charge in [0.2, 0.25) is 5.91 Å². The van der Waals surface area contributed by atoms with Crippen molar-refractivity contribution in [1.29, 1.82) is 0 Å². The topological polar surface area (TPSA) is 66.4 Å². The van der Waals surface area contributed by atoms with Crippen LogP contribution in [-0.2, 0) is 9.59 Å². The van der Waals surface area contributed by atoms with Crippen molar-refractivity contribution in [3.63, 3.8) is 0 Å². The molecule has 0 spiro atoms. The third kappa shape index (κ3) is 4.12. The van der Waals surface area contributed by atoms with Crippen LogP contribution in [0.25, 0.3) is 0 Å². The molecule has 2 N–H and O–H groups in total. The molecule has 1 aromatic rings. The molecule has 0 aliphatic carbocycles. The number of halogens is 2. The summed E-state index contributed by atoms with van der Waals surface area (Å²) in [7, 11) is 0. The molecule has 0 aromatic heterocycles. The molecule has 0 bridgehead atoms.